The van der Waals surface area contributed by atoms with E-state index in [1.165, 1.54) is 31.2 Å². The average Bonchev–Trinajstić information content (AvgIpc) is 4.06. The van der Waals surface area contributed by atoms with E-state index in [0.29, 0.717) is 43.0 Å². The Morgan fingerprint density at radius 3 is 1.97 bits per heavy atom. The molecule has 0 aliphatic heterocycles. The number of nitrogens with zero attached hydrogens (tertiary/aromatic N) is 3. The topological polar surface area (TPSA) is 50.9 Å². The zero-order chi connectivity index (χ0) is 48.0. The summed E-state index contributed by atoms with van der Waals surface area (Å²) in [6.45, 7) is 6.72. The largest absolute Gasteiger partial charge is 0.507 e. The van der Waals surface area contributed by atoms with E-state index < -0.39 is 11.8 Å². The minimum Gasteiger partial charge on any atom is -0.507 e. The second-order valence-electron chi connectivity index (χ2n) is 20.1. The molecule has 2 heterocycles. The summed E-state index contributed by atoms with van der Waals surface area (Å²) in [5.74, 6) is 0.205. The minimum absolute atomic E-state index is 0. The van der Waals surface area contributed by atoms with Crippen molar-refractivity contribution < 1.29 is 28.9 Å². The van der Waals surface area contributed by atoms with Gasteiger partial charge in [0.25, 0.3) is 0 Å². The second kappa shape index (κ2) is 19.9. The van der Waals surface area contributed by atoms with Crippen LogP contribution in [0, 0.1) is 12.0 Å². The number of rotatable bonds is 10. The third-order valence-electron chi connectivity index (χ3n) is 14.5. The molecule has 0 spiro atoms. The molecule has 9 aromatic rings. The van der Waals surface area contributed by atoms with Gasteiger partial charge in [-0.1, -0.05) is 179 Å². The van der Waals surface area contributed by atoms with Crippen molar-refractivity contribution in [2.45, 2.75) is 95.8 Å². The zero-order valence-corrected chi connectivity index (χ0v) is 42.1. The molecule has 0 radical (unpaired) electrons. The molecular weight excluding hydrogens is 1020 g/mol. The van der Waals surface area contributed by atoms with Crippen LogP contribution in [-0.2, 0) is 32.9 Å². The maximum absolute atomic E-state index is 11.5. The van der Waals surface area contributed by atoms with Crippen LogP contribution in [0.25, 0.3) is 72.7 Å². The zero-order valence-electron chi connectivity index (χ0n) is 41.8. The Morgan fingerprint density at radius 2 is 1.26 bits per heavy atom. The normalized spacial score (nSPS) is 18.9. The summed E-state index contributed by atoms with van der Waals surface area (Å²) in [7, 11) is 0. The van der Waals surface area contributed by atoms with Gasteiger partial charge in [-0.2, -0.15) is 0 Å². The van der Waals surface area contributed by atoms with Crippen molar-refractivity contribution in [1.82, 2.24) is 14.5 Å². The first-order chi connectivity index (χ1) is 33.9. The monoisotopic (exact) mass is 1080 g/mol. The number of hydrogen-bond acceptors (Lipinski definition) is 3. The van der Waals surface area contributed by atoms with E-state index in [1.807, 2.05) is 42.6 Å². The molecule has 0 unspecified atom stereocenters. The van der Waals surface area contributed by atoms with E-state index in [-0.39, 0.29) is 32.2 Å². The fourth-order valence-electron chi connectivity index (χ4n) is 10.8. The van der Waals surface area contributed by atoms with Crippen molar-refractivity contribution in [3.8, 4) is 67.5 Å². The van der Waals surface area contributed by atoms with Crippen molar-refractivity contribution in [1.29, 1.82) is 0 Å². The predicted octanol–water partition coefficient (Wildman–Crippen LogP) is 16.7. The summed E-state index contributed by atoms with van der Waals surface area (Å²) in [4.78, 5) is 10.5. The molecule has 5 heteroatoms. The fourth-order valence-corrected chi connectivity index (χ4v) is 10.8. The van der Waals surface area contributed by atoms with Crippen molar-refractivity contribution in [2.75, 3.05) is 0 Å². The molecule has 348 valence electrons. The molecule has 0 amide bonds. The van der Waals surface area contributed by atoms with Gasteiger partial charge < -0.3 is 5.11 Å². The SMILES string of the molecule is [2H]C1(c2ccccc2)CCC([2H])(c2ccc(-c3ccnc(-c4[c-]c(-c5cccc6c5nc(-c5ccccc5O)n6-c5ccc(CC6CCCC6)cc5-c5ccccc5)cc(C(C)(C)C)c4)c3)cc2)CC1.[Pt]. The molecule has 2 saturated carbocycles. The van der Waals surface area contributed by atoms with Gasteiger partial charge in [0.1, 0.15) is 11.6 Å². The summed E-state index contributed by atoms with van der Waals surface area (Å²) < 4.78 is 21.0. The van der Waals surface area contributed by atoms with Crippen LogP contribution in [0.1, 0.15) is 109 Å². The van der Waals surface area contributed by atoms with E-state index in [4.69, 9.17) is 9.97 Å². The number of para-hydroxylation sites is 2. The van der Waals surface area contributed by atoms with Crippen molar-refractivity contribution in [2.24, 2.45) is 5.92 Å². The van der Waals surface area contributed by atoms with E-state index in [2.05, 4.69) is 159 Å². The quantitative estimate of drug-likeness (QED) is 0.139. The number of aromatic hydroxyl groups is 1. The number of pyridine rings is 1. The molecule has 0 bridgehead atoms. The third-order valence-corrected chi connectivity index (χ3v) is 14.5. The molecule has 0 saturated heterocycles. The molecule has 2 aliphatic carbocycles. The van der Waals surface area contributed by atoms with Crippen LogP contribution in [0.5, 0.6) is 5.75 Å². The van der Waals surface area contributed by atoms with Crippen molar-refractivity contribution in [3.63, 3.8) is 0 Å². The molecule has 69 heavy (non-hydrogen) atoms. The maximum Gasteiger partial charge on any atom is 0.148 e. The molecular formula is C64H60N3OPt-. The Bertz CT molecular complexity index is 3330. The van der Waals surface area contributed by atoms with Gasteiger partial charge in [-0.3, -0.25) is 9.55 Å². The van der Waals surface area contributed by atoms with Crippen LogP contribution < -0.4 is 0 Å². The molecule has 2 aliphatic rings. The molecule has 11 rings (SSSR count). The van der Waals surface area contributed by atoms with Gasteiger partial charge in [-0.05, 0) is 125 Å². The van der Waals surface area contributed by atoms with Crippen molar-refractivity contribution in [3.05, 3.63) is 204 Å². The molecule has 2 aromatic heterocycles. The van der Waals surface area contributed by atoms with Gasteiger partial charge in [0, 0.05) is 41.3 Å². The minimum atomic E-state index is -0.718. The Hall–Kier alpha value is -6.35. The number of imidazole rings is 1. The first-order valence-corrected chi connectivity index (χ1v) is 24.6. The molecule has 4 nitrogen and oxygen atoms in total. The van der Waals surface area contributed by atoms with Crippen LogP contribution >= 0.6 is 0 Å². The average molecular weight is 1080 g/mol. The Balaban J connectivity index is 0.00000582. The summed E-state index contributed by atoms with van der Waals surface area (Å²) in [6, 6.07) is 62.7. The van der Waals surface area contributed by atoms with E-state index in [0.717, 1.165) is 84.5 Å². The Kier molecular flexibility index (Phi) is 12.7. The molecule has 1 N–H and O–H groups in total. The summed E-state index contributed by atoms with van der Waals surface area (Å²) in [6.07, 6.45) is 10.8. The van der Waals surface area contributed by atoms with Gasteiger partial charge in [0.05, 0.1) is 22.3 Å². The van der Waals surface area contributed by atoms with Gasteiger partial charge in [-0.25, -0.2) is 4.98 Å². The van der Waals surface area contributed by atoms with Crippen LogP contribution in [0.2, 0.25) is 0 Å². The maximum atomic E-state index is 11.5. The summed E-state index contributed by atoms with van der Waals surface area (Å²) in [5.41, 5.74) is 15.8. The van der Waals surface area contributed by atoms with Gasteiger partial charge in [0.15, 0.2) is 0 Å². The molecule has 0 atom stereocenters. The van der Waals surface area contributed by atoms with Crippen LogP contribution in [0.3, 0.4) is 0 Å². The van der Waals surface area contributed by atoms with E-state index in [1.54, 1.807) is 6.07 Å². The van der Waals surface area contributed by atoms with Gasteiger partial charge >= 0.3 is 0 Å². The van der Waals surface area contributed by atoms with Gasteiger partial charge in [0.2, 0.25) is 0 Å². The van der Waals surface area contributed by atoms with Crippen molar-refractivity contribution >= 4 is 11.0 Å². The standard InChI is InChI=1S/C64H60N3O.Pt/c1-64(2,3)54-40-52(39-53(41-54)58-42-51(35-36-65-58)49-32-30-48(31-33-49)47-28-26-46(27-29-47)45-17-6-4-7-18-45)55-22-14-23-60-62(55)66-63(56-21-12-13-24-61(56)68)67(60)59-34-25-44(37-43-15-10-11-16-43)38-57(59)50-19-8-5-9-20-50;/h4-9,12-14,17-25,30-36,38,40-43,46-47,68H,10-11,15-16,26-29,37H2,1-3H3;/q-1;/i46D,47D;. The van der Waals surface area contributed by atoms with E-state index >= 15 is 0 Å². The summed E-state index contributed by atoms with van der Waals surface area (Å²) in [5, 5.41) is 11.5. The van der Waals surface area contributed by atoms with Gasteiger partial charge in [-0.15, -0.1) is 29.3 Å². The van der Waals surface area contributed by atoms with Crippen LogP contribution in [-0.4, -0.2) is 19.6 Å². The number of fused-ring (bicyclic) bond motifs is 1. The molecule has 2 fully saturated rings. The first kappa shape index (κ1) is 43.9. The number of phenolic OH excluding ortho intramolecular Hbond substituents is 1. The number of benzene rings is 7. The predicted molar refractivity (Wildman–Crippen MR) is 281 cm³/mol. The number of hydrogen-bond donors (Lipinski definition) is 1. The van der Waals surface area contributed by atoms with Crippen LogP contribution in [0.4, 0.5) is 0 Å². The first-order valence-electron chi connectivity index (χ1n) is 25.6. The van der Waals surface area contributed by atoms with Crippen LogP contribution in [0.15, 0.2) is 176 Å². The number of phenols is 1. The Labute approximate surface area is 425 Å². The second-order valence-corrected chi connectivity index (χ2v) is 20.1. The summed E-state index contributed by atoms with van der Waals surface area (Å²) >= 11 is 0. The fraction of sp³-hybridized carbons (Fsp3) is 0.250. The number of aromatic nitrogens is 3. The smallest absolute Gasteiger partial charge is 0.148 e. The van der Waals surface area contributed by atoms with E-state index in [9.17, 15) is 7.85 Å². The third kappa shape index (κ3) is 9.66. The Morgan fingerprint density at radius 1 is 0.609 bits per heavy atom. The molecule has 7 aromatic carbocycles.